The van der Waals surface area contributed by atoms with E-state index in [9.17, 15) is 4.79 Å². The second kappa shape index (κ2) is 9.24. The molecule has 0 spiro atoms. The van der Waals surface area contributed by atoms with Crippen molar-refractivity contribution < 1.29 is 9.90 Å². The van der Waals surface area contributed by atoms with Crippen LogP contribution in [0.3, 0.4) is 0 Å². The van der Waals surface area contributed by atoms with E-state index < -0.39 is 0 Å². The van der Waals surface area contributed by atoms with Gasteiger partial charge in [0.25, 0.3) is 5.91 Å². The molecule has 0 aliphatic carbocycles. The Kier molecular flexibility index (Phi) is 7.66. The van der Waals surface area contributed by atoms with Crippen LogP contribution in [0.25, 0.3) is 0 Å². The zero-order chi connectivity index (χ0) is 18.2. The SMILES string of the molecule is CC.CC(C)(C)c1ccc(C(=O)NCc2ccc(CO)cc2)cc1. The highest BCUT2D eigenvalue weighted by Gasteiger charge is 2.14. The smallest absolute Gasteiger partial charge is 0.251 e. The molecule has 3 heteroatoms. The summed E-state index contributed by atoms with van der Waals surface area (Å²) in [5.41, 5.74) is 3.84. The van der Waals surface area contributed by atoms with Gasteiger partial charge < -0.3 is 10.4 Å². The van der Waals surface area contributed by atoms with Gasteiger partial charge in [0.2, 0.25) is 0 Å². The Bertz CT molecular complexity index is 622. The fourth-order valence-corrected chi connectivity index (χ4v) is 2.17. The van der Waals surface area contributed by atoms with Gasteiger partial charge in [0.15, 0.2) is 0 Å². The minimum atomic E-state index is -0.0771. The van der Waals surface area contributed by atoms with Crippen LogP contribution >= 0.6 is 0 Å². The molecule has 0 bridgehead atoms. The third kappa shape index (κ3) is 5.82. The van der Waals surface area contributed by atoms with Gasteiger partial charge >= 0.3 is 0 Å². The van der Waals surface area contributed by atoms with Crippen LogP contribution in [0.2, 0.25) is 0 Å². The maximum atomic E-state index is 12.2. The summed E-state index contributed by atoms with van der Waals surface area (Å²) in [7, 11) is 0. The van der Waals surface area contributed by atoms with Crippen LogP contribution in [0, 0.1) is 0 Å². The van der Waals surface area contributed by atoms with Gasteiger partial charge in [-0.05, 0) is 34.2 Å². The van der Waals surface area contributed by atoms with E-state index in [1.165, 1.54) is 5.56 Å². The van der Waals surface area contributed by atoms with E-state index in [2.05, 4.69) is 26.1 Å². The largest absolute Gasteiger partial charge is 0.392 e. The zero-order valence-electron chi connectivity index (χ0n) is 15.4. The summed E-state index contributed by atoms with van der Waals surface area (Å²) in [5, 5.41) is 11.9. The van der Waals surface area contributed by atoms with Gasteiger partial charge in [0.05, 0.1) is 6.61 Å². The molecule has 2 aromatic rings. The third-order valence-electron chi connectivity index (χ3n) is 3.67. The molecular formula is C21H29NO2. The van der Waals surface area contributed by atoms with E-state index in [0.29, 0.717) is 12.1 Å². The molecule has 24 heavy (non-hydrogen) atoms. The molecule has 3 nitrogen and oxygen atoms in total. The Morgan fingerprint density at radius 3 is 1.88 bits per heavy atom. The van der Waals surface area contributed by atoms with Gasteiger partial charge in [-0.15, -0.1) is 0 Å². The average Bonchev–Trinajstić information content (AvgIpc) is 2.61. The van der Waals surface area contributed by atoms with Crippen LogP contribution < -0.4 is 5.32 Å². The maximum Gasteiger partial charge on any atom is 0.251 e. The van der Waals surface area contributed by atoms with Gasteiger partial charge in [0.1, 0.15) is 0 Å². The summed E-state index contributed by atoms with van der Waals surface area (Å²) in [6.07, 6.45) is 0. The number of carbonyl (C=O) groups excluding carboxylic acids is 1. The lowest BCUT2D eigenvalue weighted by Gasteiger charge is -2.19. The van der Waals surface area contributed by atoms with Crippen molar-refractivity contribution in [2.45, 2.75) is 53.2 Å². The van der Waals surface area contributed by atoms with Crippen molar-refractivity contribution in [1.82, 2.24) is 5.32 Å². The van der Waals surface area contributed by atoms with Crippen LogP contribution in [0.4, 0.5) is 0 Å². The van der Waals surface area contributed by atoms with Crippen molar-refractivity contribution in [3.05, 3.63) is 70.8 Å². The van der Waals surface area contributed by atoms with E-state index in [4.69, 9.17) is 5.11 Å². The number of rotatable bonds is 4. The topological polar surface area (TPSA) is 49.3 Å². The van der Waals surface area contributed by atoms with Crippen LogP contribution in [-0.4, -0.2) is 11.0 Å². The fraction of sp³-hybridized carbons (Fsp3) is 0.381. The van der Waals surface area contributed by atoms with E-state index in [0.717, 1.165) is 11.1 Å². The molecule has 0 atom stereocenters. The van der Waals surface area contributed by atoms with Crippen LogP contribution in [0.15, 0.2) is 48.5 Å². The van der Waals surface area contributed by atoms with Gasteiger partial charge in [-0.1, -0.05) is 71.0 Å². The summed E-state index contributed by atoms with van der Waals surface area (Å²) in [6, 6.07) is 15.3. The van der Waals surface area contributed by atoms with Crippen molar-refractivity contribution in [3.8, 4) is 0 Å². The summed E-state index contributed by atoms with van der Waals surface area (Å²) in [6.45, 7) is 11.0. The lowest BCUT2D eigenvalue weighted by atomic mass is 9.87. The summed E-state index contributed by atoms with van der Waals surface area (Å²) >= 11 is 0. The minimum absolute atomic E-state index is 0.0345. The quantitative estimate of drug-likeness (QED) is 0.872. The molecule has 0 saturated heterocycles. The number of carbonyl (C=O) groups is 1. The normalized spacial score (nSPS) is 10.6. The number of hydrogen-bond acceptors (Lipinski definition) is 2. The Hall–Kier alpha value is -2.13. The third-order valence-corrected chi connectivity index (χ3v) is 3.67. The zero-order valence-corrected chi connectivity index (χ0v) is 15.4. The molecule has 0 unspecified atom stereocenters. The molecule has 0 aromatic heterocycles. The maximum absolute atomic E-state index is 12.2. The number of benzene rings is 2. The van der Waals surface area contributed by atoms with Crippen molar-refractivity contribution in [2.75, 3.05) is 0 Å². The van der Waals surface area contributed by atoms with Crippen molar-refractivity contribution in [1.29, 1.82) is 0 Å². The Morgan fingerprint density at radius 1 is 0.917 bits per heavy atom. The highest BCUT2D eigenvalue weighted by Crippen LogP contribution is 2.22. The molecule has 0 aliphatic heterocycles. The molecule has 2 N–H and O–H groups in total. The van der Waals surface area contributed by atoms with E-state index in [1.807, 2.05) is 62.4 Å². The van der Waals surface area contributed by atoms with Crippen molar-refractivity contribution in [2.24, 2.45) is 0 Å². The highest BCUT2D eigenvalue weighted by atomic mass is 16.3. The Labute approximate surface area is 145 Å². The van der Waals surface area contributed by atoms with Crippen LogP contribution in [0.1, 0.15) is 61.7 Å². The van der Waals surface area contributed by atoms with E-state index >= 15 is 0 Å². The van der Waals surface area contributed by atoms with Gasteiger partial charge in [-0.25, -0.2) is 0 Å². The molecule has 2 rings (SSSR count). The Morgan fingerprint density at radius 2 is 1.42 bits per heavy atom. The molecule has 0 aliphatic rings. The number of hydrogen-bond donors (Lipinski definition) is 2. The average molecular weight is 327 g/mol. The fourth-order valence-electron chi connectivity index (χ4n) is 2.17. The molecule has 0 heterocycles. The highest BCUT2D eigenvalue weighted by molar-refractivity contribution is 5.94. The first-order valence-electron chi connectivity index (χ1n) is 8.47. The number of aliphatic hydroxyl groups is 1. The van der Waals surface area contributed by atoms with Gasteiger partial charge in [-0.3, -0.25) is 4.79 Å². The molecule has 130 valence electrons. The number of amides is 1. The standard InChI is InChI=1S/C19H23NO2.C2H6/c1-19(2,3)17-10-8-16(9-11-17)18(22)20-12-14-4-6-15(13-21)7-5-14;1-2/h4-11,21H,12-13H2,1-3H3,(H,20,22);1-2H3. The van der Waals surface area contributed by atoms with E-state index in [-0.39, 0.29) is 17.9 Å². The molecule has 2 aromatic carbocycles. The molecular weight excluding hydrogens is 298 g/mol. The van der Waals surface area contributed by atoms with Gasteiger partial charge in [-0.2, -0.15) is 0 Å². The predicted molar refractivity (Wildman–Crippen MR) is 100 cm³/mol. The van der Waals surface area contributed by atoms with Crippen molar-refractivity contribution in [3.63, 3.8) is 0 Å². The monoisotopic (exact) mass is 327 g/mol. The Balaban J connectivity index is 0.00000139. The molecule has 1 amide bonds. The predicted octanol–water partition coefficient (Wildman–Crippen LogP) is 4.43. The second-order valence-corrected chi connectivity index (χ2v) is 6.48. The van der Waals surface area contributed by atoms with E-state index in [1.54, 1.807) is 0 Å². The molecule has 0 fully saturated rings. The number of aliphatic hydroxyl groups excluding tert-OH is 1. The summed E-state index contributed by atoms with van der Waals surface area (Å²) in [4.78, 5) is 12.2. The van der Waals surface area contributed by atoms with Crippen LogP contribution in [0.5, 0.6) is 0 Å². The lowest BCUT2D eigenvalue weighted by molar-refractivity contribution is 0.0951. The van der Waals surface area contributed by atoms with Crippen LogP contribution in [-0.2, 0) is 18.6 Å². The van der Waals surface area contributed by atoms with Crippen molar-refractivity contribution >= 4 is 5.91 Å². The first kappa shape index (κ1) is 19.9. The summed E-state index contributed by atoms with van der Waals surface area (Å²) in [5.74, 6) is -0.0771. The second-order valence-electron chi connectivity index (χ2n) is 6.48. The number of nitrogens with one attached hydrogen (secondary N) is 1. The minimum Gasteiger partial charge on any atom is -0.392 e. The first-order chi connectivity index (χ1) is 11.4. The van der Waals surface area contributed by atoms with Gasteiger partial charge in [0, 0.05) is 12.1 Å². The molecule has 0 radical (unpaired) electrons. The molecule has 0 saturated carbocycles. The lowest BCUT2D eigenvalue weighted by Crippen LogP contribution is -2.23. The summed E-state index contributed by atoms with van der Waals surface area (Å²) < 4.78 is 0. The first-order valence-corrected chi connectivity index (χ1v) is 8.47.